The Morgan fingerprint density at radius 2 is 1.27 bits per heavy atom. The van der Waals surface area contributed by atoms with Crippen molar-refractivity contribution in [1.29, 1.82) is 0 Å². The van der Waals surface area contributed by atoms with E-state index in [4.69, 9.17) is 37.9 Å². The summed E-state index contributed by atoms with van der Waals surface area (Å²) in [5.41, 5.74) is 4.40. The van der Waals surface area contributed by atoms with Gasteiger partial charge >= 0.3 is 0 Å². The number of anilines is 6. The number of rotatable bonds is 8. The first-order valence-electron chi connectivity index (χ1n) is 17.8. The Morgan fingerprint density at radius 1 is 0.732 bits per heavy atom. The summed E-state index contributed by atoms with van der Waals surface area (Å²) in [6.07, 6.45) is 5.47. The molecule has 12 nitrogen and oxygen atoms in total. The maximum atomic E-state index is 13.6. The van der Waals surface area contributed by atoms with Gasteiger partial charge in [-0.25, -0.2) is 33.7 Å². The summed E-state index contributed by atoms with van der Waals surface area (Å²) < 4.78 is 34.0. The maximum absolute atomic E-state index is 13.6. The number of aromatic nitrogens is 7. The number of methoxy groups -OCH3 is 1. The van der Waals surface area contributed by atoms with Crippen LogP contribution >= 0.6 is 23.2 Å². The van der Waals surface area contributed by atoms with Gasteiger partial charge in [0.25, 0.3) is 0 Å². The normalized spacial score (nSPS) is 14.8. The van der Waals surface area contributed by atoms with E-state index < -0.39 is 0 Å². The number of nitrogens with zero attached hydrogens (tertiary/aromatic N) is 9. The highest BCUT2D eigenvalue weighted by Gasteiger charge is 2.41. The molecule has 4 aromatic heterocycles. The molecule has 2 aliphatic heterocycles. The summed E-state index contributed by atoms with van der Waals surface area (Å²) in [5.74, 6) is 4.40. The second-order valence-electron chi connectivity index (χ2n) is 14.8. The molecular weight excluding hydrogens is 759 g/mol. The van der Waals surface area contributed by atoms with Crippen molar-refractivity contribution in [2.24, 2.45) is 0 Å². The third-order valence-electron chi connectivity index (χ3n) is 9.79. The fourth-order valence-electron chi connectivity index (χ4n) is 7.28. The quantitative estimate of drug-likeness (QED) is 0.144. The van der Waals surface area contributed by atoms with Crippen LogP contribution in [0.4, 0.5) is 43.4 Å². The van der Waals surface area contributed by atoms with E-state index in [0.717, 1.165) is 57.9 Å². The fraction of sp³-hybridized carbons (Fsp3) is 0.300. The van der Waals surface area contributed by atoms with Crippen molar-refractivity contribution in [1.82, 2.24) is 34.5 Å². The number of benzene rings is 2. The Balaban J connectivity index is 0.000000195. The van der Waals surface area contributed by atoms with E-state index in [9.17, 15) is 8.78 Å². The van der Waals surface area contributed by atoms with Crippen LogP contribution in [0.3, 0.4) is 0 Å². The number of hydrogen-bond donors (Lipinski definition) is 2. The van der Waals surface area contributed by atoms with Gasteiger partial charge in [0.1, 0.15) is 52.2 Å². The Kier molecular flexibility index (Phi) is 10.5. The van der Waals surface area contributed by atoms with Crippen molar-refractivity contribution >= 4 is 57.8 Å². The van der Waals surface area contributed by atoms with Crippen LogP contribution in [-0.2, 0) is 17.3 Å². The Morgan fingerprint density at radius 3 is 1.77 bits per heavy atom. The lowest BCUT2D eigenvalue weighted by Crippen LogP contribution is -2.25. The van der Waals surface area contributed by atoms with Crippen LogP contribution in [0.1, 0.15) is 50.2 Å². The Hall–Kier alpha value is -5.60. The van der Waals surface area contributed by atoms with Crippen molar-refractivity contribution in [3.8, 4) is 11.6 Å². The first-order valence-corrected chi connectivity index (χ1v) is 18.6. The molecule has 16 heteroatoms. The molecule has 2 aliphatic rings. The number of pyridine rings is 1. The molecule has 0 radical (unpaired) electrons. The van der Waals surface area contributed by atoms with E-state index in [-0.39, 0.29) is 27.7 Å². The monoisotopic (exact) mass is 799 g/mol. The number of nitrogens with one attached hydrogen (secondary N) is 2. The van der Waals surface area contributed by atoms with Crippen LogP contribution in [0.2, 0.25) is 10.4 Å². The van der Waals surface area contributed by atoms with Gasteiger partial charge in [-0.1, -0.05) is 39.3 Å². The average Bonchev–Trinajstić information content (AvgIpc) is 3.81. The third-order valence-corrected chi connectivity index (χ3v) is 10.2. The summed E-state index contributed by atoms with van der Waals surface area (Å²) in [4.78, 5) is 31.2. The highest BCUT2D eigenvalue weighted by molar-refractivity contribution is 6.29. The molecular formula is C40H41Cl2F2N11O. The van der Waals surface area contributed by atoms with Gasteiger partial charge in [-0.05, 0) is 71.8 Å². The van der Waals surface area contributed by atoms with Gasteiger partial charge in [0.2, 0.25) is 5.28 Å². The molecule has 0 bridgehead atoms. The summed E-state index contributed by atoms with van der Waals surface area (Å²) in [7, 11) is 5.27. The Labute approximate surface area is 333 Å². The number of imidazole rings is 1. The first-order chi connectivity index (χ1) is 26.7. The zero-order valence-electron chi connectivity index (χ0n) is 32.0. The van der Waals surface area contributed by atoms with Crippen LogP contribution in [-0.4, -0.2) is 68.8 Å². The molecule has 290 valence electrons. The molecule has 2 aromatic carbocycles. The zero-order chi connectivity index (χ0) is 39.9. The second-order valence-corrected chi connectivity index (χ2v) is 15.5. The van der Waals surface area contributed by atoms with Crippen LogP contribution in [0.25, 0.3) is 5.82 Å². The maximum Gasteiger partial charge on any atom is 0.226 e. The molecule has 0 aliphatic carbocycles. The lowest BCUT2D eigenvalue weighted by atomic mass is 9.88. The minimum Gasteiger partial charge on any atom is -0.493 e. The summed E-state index contributed by atoms with van der Waals surface area (Å²) in [5, 5.41) is 6.90. The molecule has 0 unspecified atom stereocenters. The van der Waals surface area contributed by atoms with Crippen LogP contribution in [0.5, 0.6) is 5.75 Å². The van der Waals surface area contributed by atoms with E-state index in [1.165, 1.54) is 24.3 Å². The lowest BCUT2D eigenvalue weighted by Gasteiger charge is -2.21. The van der Waals surface area contributed by atoms with E-state index >= 15 is 0 Å². The SMILES string of the molecule is CNc1nc(Cc2cnc(-n3cnc(Cl)c3)c(OC)c2)nc2c1C(C)(C)CN2c1ccc(F)cc1.CNc1nc(Cl)nc2c1C(C)(C)CN2c1ccc(F)cc1. The van der Waals surface area contributed by atoms with Gasteiger partial charge in [-0.2, -0.15) is 4.98 Å². The molecule has 8 rings (SSSR count). The number of fused-ring (bicyclic) bond motifs is 2. The van der Waals surface area contributed by atoms with Gasteiger partial charge < -0.3 is 25.2 Å². The van der Waals surface area contributed by atoms with Crippen LogP contribution in [0, 0.1) is 11.6 Å². The largest absolute Gasteiger partial charge is 0.493 e. The third kappa shape index (κ3) is 7.50. The van der Waals surface area contributed by atoms with E-state index in [1.54, 1.807) is 54.7 Å². The predicted molar refractivity (Wildman–Crippen MR) is 217 cm³/mol. The fourth-order valence-corrected chi connectivity index (χ4v) is 7.59. The van der Waals surface area contributed by atoms with Gasteiger partial charge in [0.05, 0.1) is 7.11 Å². The van der Waals surface area contributed by atoms with Crippen molar-refractivity contribution < 1.29 is 13.5 Å². The molecule has 0 amide bonds. The lowest BCUT2D eigenvalue weighted by molar-refractivity contribution is 0.410. The smallest absolute Gasteiger partial charge is 0.226 e. The van der Waals surface area contributed by atoms with Gasteiger partial charge in [-0.15, -0.1) is 0 Å². The minimum atomic E-state index is -0.269. The summed E-state index contributed by atoms with van der Waals surface area (Å²) in [6, 6.07) is 14.8. The molecule has 0 saturated carbocycles. The van der Waals surface area contributed by atoms with Crippen molar-refractivity contribution in [2.75, 3.05) is 54.7 Å². The first kappa shape index (κ1) is 38.7. The molecule has 0 saturated heterocycles. The standard InChI is InChI=1S/C25H25ClFN7O.C15H16ClFN4/c1-25(2)13-34(17-7-5-16(27)6-8-17)24-21(25)22(28-3)31-20(32-24)10-15-9-18(35-4)23(29-11-15)33-12-19(26)30-14-33;1-15(2)8-21(10-6-4-9(17)5-7-10)13-11(15)12(18-3)19-14(16)20-13/h5-9,11-12,14H,10,13H2,1-4H3,(H,28,31,32);4-7H,8H2,1-3H3,(H,18,19,20). The highest BCUT2D eigenvalue weighted by atomic mass is 35.5. The number of halogens is 4. The molecule has 2 N–H and O–H groups in total. The predicted octanol–water partition coefficient (Wildman–Crippen LogP) is 8.66. The van der Waals surface area contributed by atoms with Crippen molar-refractivity contribution in [2.45, 2.75) is 44.9 Å². The molecule has 0 spiro atoms. The second kappa shape index (κ2) is 15.1. The molecule has 6 aromatic rings. The van der Waals surface area contributed by atoms with Gasteiger partial charge in [0, 0.05) is 79.3 Å². The topological polar surface area (TPSA) is 122 Å². The zero-order valence-corrected chi connectivity index (χ0v) is 33.5. The molecule has 0 atom stereocenters. The van der Waals surface area contributed by atoms with E-state index in [2.05, 4.69) is 63.2 Å². The highest BCUT2D eigenvalue weighted by Crippen LogP contribution is 2.47. The Bertz CT molecular complexity index is 2390. The molecule has 0 fully saturated rings. The molecule has 6 heterocycles. The summed E-state index contributed by atoms with van der Waals surface area (Å²) >= 11 is 12.0. The van der Waals surface area contributed by atoms with Gasteiger partial charge in [-0.3, -0.25) is 4.57 Å². The van der Waals surface area contributed by atoms with E-state index in [1.807, 2.05) is 25.1 Å². The van der Waals surface area contributed by atoms with Crippen molar-refractivity contribution in [3.63, 3.8) is 0 Å². The number of hydrogen-bond acceptors (Lipinski definition) is 11. The molecule has 56 heavy (non-hydrogen) atoms. The van der Waals surface area contributed by atoms with Gasteiger partial charge in [0.15, 0.2) is 11.6 Å². The van der Waals surface area contributed by atoms with E-state index in [0.29, 0.717) is 35.5 Å². The van der Waals surface area contributed by atoms with Crippen LogP contribution in [0.15, 0.2) is 73.3 Å². The van der Waals surface area contributed by atoms with Crippen molar-refractivity contribution in [3.05, 3.63) is 118 Å². The van der Waals surface area contributed by atoms with Crippen LogP contribution < -0.4 is 25.2 Å². The number of ether oxygens (including phenoxy) is 1. The average molecular weight is 801 g/mol. The summed E-state index contributed by atoms with van der Waals surface area (Å²) in [6.45, 7) is 10.0. The minimum absolute atomic E-state index is 0.132.